The fraction of sp³-hybridized carbons (Fsp3) is 0.895. The topological polar surface area (TPSA) is 75.5 Å². The van der Waals surface area contributed by atoms with Crippen LogP contribution < -0.4 is 10.6 Å². The predicted octanol–water partition coefficient (Wildman–Crippen LogP) is 3.32. The lowest BCUT2D eigenvalue weighted by atomic mass is 9.89. The lowest BCUT2D eigenvalue weighted by Gasteiger charge is -2.21. The van der Waals surface area contributed by atoms with Crippen molar-refractivity contribution in [1.29, 1.82) is 0 Å². The average Bonchev–Trinajstić information content (AvgIpc) is 3.38. The number of nitrogens with one attached hydrogen (secondary N) is 2. The van der Waals surface area contributed by atoms with Gasteiger partial charge < -0.3 is 20.3 Å². The maximum absolute atomic E-state index is 5.73. The maximum atomic E-state index is 5.73. The first kappa shape index (κ1) is 20.7. The third-order valence-electron chi connectivity index (χ3n) is 5.43. The van der Waals surface area contributed by atoms with Crippen molar-refractivity contribution in [3.05, 3.63) is 0 Å². The van der Waals surface area contributed by atoms with Crippen molar-refractivity contribution < 1.29 is 9.37 Å². The number of nitrogens with zero attached hydrogens (tertiary/aromatic N) is 3. The van der Waals surface area contributed by atoms with Gasteiger partial charge in [-0.15, -0.1) is 0 Å². The fourth-order valence-electron chi connectivity index (χ4n) is 3.82. The third kappa shape index (κ3) is 7.87. The lowest BCUT2D eigenvalue weighted by molar-refractivity contribution is 0.124. The van der Waals surface area contributed by atoms with E-state index >= 15 is 0 Å². The number of thioether (sulfide) groups is 1. The Morgan fingerprint density at radius 3 is 2.56 bits per heavy atom. The predicted molar refractivity (Wildman–Crippen MR) is 112 cm³/mol. The average molecular weight is 398 g/mol. The van der Waals surface area contributed by atoms with E-state index in [0.717, 1.165) is 61.9 Å². The van der Waals surface area contributed by atoms with Gasteiger partial charge in [0.25, 0.3) is 0 Å². The smallest absolute Gasteiger partial charge is 0.215 e. The van der Waals surface area contributed by atoms with E-state index < -0.39 is 0 Å². The van der Waals surface area contributed by atoms with Crippen LogP contribution in [0.3, 0.4) is 0 Å². The Labute approximate surface area is 167 Å². The van der Waals surface area contributed by atoms with Crippen LogP contribution in [0.4, 0.5) is 11.6 Å². The number of aromatic nitrogens is 2. The first-order valence-electron chi connectivity index (χ1n) is 10.6. The van der Waals surface area contributed by atoms with Gasteiger partial charge in [0.2, 0.25) is 11.6 Å². The van der Waals surface area contributed by atoms with Gasteiger partial charge >= 0.3 is 0 Å². The highest BCUT2D eigenvalue weighted by Gasteiger charge is 2.15. The van der Waals surface area contributed by atoms with Crippen molar-refractivity contribution in [3.8, 4) is 0 Å². The van der Waals surface area contributed by atoms with E-state index in [9.17, 15) is 0 Å². The summed E-state index contributed by atoms with van der Waals surface area (Å²) in [5.74, 6) is 4.28. The molecule has 0 aromatic carbocycles. The fourth-order valence-corrected chi connectivity index (χ4v) is 4.50. The highest BCUT2D eigenvalue weighted by atomic mass is 32.2. The van der Waals surface area contributed by atoms with Crippen LogP contribution >= 0.6 is 11.8 Å². The Balaban J connectivity index is 1.18. The van der Waals surface area contributed by atoms with Crippen molar-refractivity contribution in [1.82, 2.24) is 15.2 Å². The summed E-state index contributed by atoms with van der Waals surface area (Å²) < 4.78 is 10.6. The monoisotopic (exact) mass is 397 g/mol. The second-order valence-corrected chi connectivity index (χ2v) is 8.77. The van der Waals surface area contributed by atoms with Crippen LogP contribution in [0.15, 0.2) is 4.63 Å². The van der Waals surface area contributed by atoms with Crippen LogP contribution in [0.2, 0.25) is 0 Å². The van der Waals surface area contributed by atoms with Gasteiger partial charge in [0, 0.05) is 31.1 Å². The molecule has 2 heterocycles. The Morgan fingerprint density at radius 1 is 0.963 bits per heavy atom. The van der Waals surface area contributed by atoms with Crippen LogP contribution in [0.1, 0.15) is 44.9 Å². The maximum Gasteiger partial charge on any atom is 0.215 e. The van der Waals surface area contributed by atoms with Gasteiger partial charge in [-0.1, -0.05) is 19.3 Å². The largest absolute Gasteiger partial charge is 0.379 e. The summed E-state index contributed by atoms with van der Waals surface area (Å²) in [6, 6.07) is 0. The highest BCUT2D eigenvalue weighted by molar-refractivity contribution is 7.99. The van der Waals surface area contributed by atoms with Crippen molar-refractivity contribution in [2.24, 2.45) is 5.92 Å². The number of hydrogen-bond donors (Lipinski definition) is 2. The summed E-state index contributed by atoms with van der Waals surface area (Å²) in [5.41, 5.74) is 0. The zero-order valence-corrected chi connectivity index (χ0v) is 17.3. The van der Waals surface area contributed by atoms with Gasteiger partial charge in [-0.2, -0.15) is 11.8 Å². The number of likely N-dealkylation sites (tertiary alicyclic amines) is 1. The summed E-state index contributed by atoms with van der Waals surface area (Å²) in [5, 5.41) is 14.7. The van der Waals surface area contributed by atoms with Crippen molar-refractivity contribution in [2.45, 2.75) is 44.9 Å². The minimum Gasteiger partial charge on any atom is -0.379 e. The highest BCUT2D eigenvalue weighted by Crippen LogP contribution is 2.25. The van der Waals surface area contributed by atoms with Gasteiger partial charge in [0.1, 0.15) is 0 Å². The summed E-state index contributed by atoms with van der Waals surface area (Å²) >= 11 is 1.90. The zero-order chi connectivity index (χ0) is 18.6. The third-order valence-corrected chi connectivity index (χ3v) is 6.38. The second kappa shape index (κ2) is 12.5. The molecule has 0 atom stereocenters. The molecule has 2 fully saturated rings. The molecule has 0 spiro atoms. The van der Waals surface area contributed by atoms with E-state index in [0.29, 0.717) is 0 Å². The molecule has 1 saturated heterocycles. The summed E-state index contributed by atoms with van der Waals surface area (Å²) in [6.45, 7) is 7.09. The van der Waals surface area contributed by atoms with Crippen LogP contribution in [0.25, 0.3) is 0 Å². The molecule has 7 nitrogen and oxygen atoms in total. The Hall–Kier alpha value is -0.990. The minimum absolute atomic E-state index is 0.730. The SMILES string of the molecule is C1CCC(CNc2nonc2NCCSCCOCCN2CCCC2)CC1. The van der Waals surface area contributed by atoms with Gasteiger partial charge in [0.15, 0.2) is 0 Å². The molecule has 2 N–H and O–H groups in total. The van der Waals surface area contributed by atoms with Gasteiger partial charge in [-0.25, -0.2) is 4.63 Å². The molecule has 0 bridgehead atoms. The van der Waals surface area contributed by atoms with E-state index in [1.165, 1.54) is 58.0 Å². The minimum atomic E-state index is 0.730. The van der Waals surface area contributed by atoms with Crippen LogP contribution in [-0.4, -0.2) is 72.7 Å². The number of rotatable bonds is 13. The molecular formula is C19H35N5O2S. The van der Waals surface area contributed by atoms with Gasteiger partial charge in [-0.3, -0.25) is 0 Å². The summed E-state index contributed by atoms with van der Waals surface area (Å²) in [6.07, 6.45) is 9.43. The molecule has 154 valence electrons. The molecule has 2 aliphatic rings. The molecule has 8 heteroatoms. The molecule has 3 rings (SSSR count). The molecule has 1 aromatic rings. The lowest BCUT2D eigenvalue weighted by Crippen LogP contribution is -2.24. The first-order valence-corrected chi connectivity index (χ1v) is 11.8. The number of ether oxygens (including phenoxy) is 1. The zero-order valence-electron chi connectivity index (χ0n) is 16.5. The van der Waals surface area contributed by atoms with Crippen LogP contribution in [0.5, 0.6) is 0 Å². The van der Waals surface area contributed by atoms with E-state index in [2.05, 4.69) is 25.8 Å². The molecule has 1 aliphatic carbocycles. The quantitative estimate of drug-likeness (QED) is 0.491. The molecule has 0 unspecified atom stereocenters. The Kier molecular flexibility index (Phi) is 9.57. The molecule has 27 heavy (non-hydrogen) atoms. The summed E-state index contributed by atoms with van der Waals surface area (Å²) in [7, 11) is 0. The standard InChI is InChI=1S/C19H35N5O2S/c1-2-6-17(7-3-1)16-21-19-18(22-26-23-19)20-8-14-27-15-13-25-12-11-24-9-4-5-10-24/h17H,1-16H2,(H,20,22)(H,21,23). The van der Waals surface area contributed by atoms with E-state index in [4.69, 9.17) is 9.37 Å². The molecule has 0 amide bonds. The number of hydrogen-bond acceptors (Lipinski definition) is 8. The van der Waals surface area contributed by atoms with Gasteiger partial charge in [0.05, 0.1) is 13.2 Å². The molecule has 1 aliphatic heterocycles. The molecular weight excluding hydrogens is 362 g/mol. The number of anilines is 2. The Bertz CT molecular complexity index is 504. The van der Waals surface area contributed by atoms with Crippen LogP contribution in [-0.2, 0) is 4.74 Å². The second-order valence-electron chi connectivity index (χ2n) is 7.55. The Morgan fingerprint density at radius 2 is 1.74 bits per heavy atom. The van der Waals surface area contributed by atoms with E-state index in [1.807, 2.05) is 11.8 Å². The first-order chi connectivity index (χ1) is 13.4. The van der Waals surface area contributed by atoms with Crippen molar-refractivity contribution >= 4 is 23.4 Å². The van der Waals surface area contributed by atoms with E-state index in [1.54, 1.807) is 0 Å². The van der Waals surface area contributed by atoms with Crippen molar-refractivity contribution in [3.63, 3.8) is 0 Å². The van der Waals surface area contributed by atoms with Crippen LogP contribution in [0, 0.1) is 5.92 Å². The van der Waals surface area contributed by atoms with E-state index in [-0.39, 0.29) is 0 Å². The van der Waals surface area contributed by atoms with Crippen molar-refractivity contribution in [2.75, 3.05) is 68.1 Å². The normalized spacial score (nSPS) is 18.8. The van der Waals surface area contributed by atoms with Gasteiger partial charge in [-0.05, 0) is 55.0 Å². The molecule has 0 radical (unpaired) electrons. The summed E-state index contributed by atoms with van der Waals surface area (Å²) in [4.78, 5) is 2.49. The molecule has 1 saturated carbocycles. The molecule has 1 aromatic heterocycles.